The molecule has 6 heteroatoms. The number of halogens is 1. The average Bonchev–Trinajstić information content (AvgIpc) is 3.05. The second kappa shape index (κ2) is 5.45. The summed E-state index contributed by atoms with van der Waals surface area (Å²) in [4.78, 5) is 17.9. The van der Waals surface area contributed by atoms with E-state index < -0.39 is 0 Å². The van der Waals surface area contributed by atoms with Crippen LogP contribution in [0.1, 0.15) is 24.6 Å². The van der Waals surface area contributed by atoms with Gasteiger partial charge in [-0.2, -0.15) is 0 Å². The molecule has 5 rings (SSSR count). The third kappa shape index (κ3) is 2.35. The molecule has 1 atom stereocenters. The fourth-order valence-electron chi connectivity index (χ4n) is 3.88. The van der Waals surface area contributed by atoms with Crippen molar-refractivity contribution >= 4 is 34.8 Å². The molecule has 1 aromatic rings. The second-order valence-corrected chi connectivity index (χ2v) is 7.31. The first-order chi connectivity index (χ1) is 9.70. The molecule has 0 radical (unpaired) electrons. The van der Waals surface area contributed by atoms with Gasteiger partial charge in [0.05, 0.1) is 6.54 Å². The van der Waals surface area contributed by atoms with Crippen LogP contribution in [-0.4, -0.2) is 42.8 Å². The molecule has 4 fully saturated rings. The fourth-order valence-corrected chi connectivity index (χ4v) is 4.82. The third-order valence-electron chi connectivity index (χ3n) is 5.02. The van der Waals surface area contributed by atoms with Crippen LogP contribution in [0.25, 0.3) is 0 Å². The van der Waals surface area contributed by atoms with Crippen LogP contribution in [0.2, 0.25) is 0 Å². The molecule has 4 aliphatic rings. The van der Waals surface area contributed by atoms with Crippen LogP contribution < -0.4 is 4.90 Å². The van der Waals surface area contributed by atoms with Gasteiger partial charge in [0.15, 0.2) is 0 Å². The standard InChI is InChI=1S/C15H20N2O2S.ClH/c1-2-12-3-4-13(20-12)17-10-15(19-14(17)18)9-16-7-5-11(15)6-8-16;/h3-4,11H,2,5-10H2,1H3;1H/t15-;/m1./s1. The molecule has 21 heavy (non-hydrogen) atoms. The molecule has 1 amide bonds. The van der Waals surface area contributed by atoms with E-state index in [1.807, 2.05) is 4.90 Å². The van der Waals surface area contributed by atoms with Crippen molar-refractivity contribution in [2.75, 3.05) is 31.1 Å². The van der Waals surface area contributed by atoms with E-state index in [0.717, 1.165) is 24.5 Å². The molecule has 0 N–H and O–H groups in total. The van der Waals surface area contributed by atoms with Crippen molar-refractivity contribution in [3.8, 4) is 0 Å². The molecular weight excluding hydrogens is 308 g/mol. The Labute approximate surface area is 135 Å². The minimum atomic E-state index is -0.246. The molecule has 4 saturated heterocycles. The minimum absolute atomic E-state index is 0. The predicted molar refractivity (Wildman–Crippen MR) is 86.7 cm³/mol. The van der Waals surface area contributed by atoms with Crippen LogP contribution in [0.15, 0.2) is 12.1 Å². The Balaban J connectivity index is 0.00000132. The highest BCUT2D eigenvalue weighted by Crippen LogP contribution is 2.44. The van der Waals surface area contributed by atoms with E-state index in [1.54, 1.807) is 11.3 Å². The SMILES string of the molecule is CCc1ccc(N2C[C@@]3(CN4CCC3CC4)OC2=O)s1.Cl. The molecule has 116 valence electrons. The molecule has 1 aromatic heterocycles. The Bertz CT molecular complexity index is 542. The zero-order valence-electron chi connectivity index (χ0n) is 12.2. The number of carbonyl (C=O) groups is 1. The summed E-state index contributed by atoms with van der Waals surface area (Å²) in [6, 6.07) is 4.18. The van der Waals surface area contributed by atoms with Gasteiger partial charge in [-0.3, -0.25) is 9.80 Å². The fraction of sp³-hybridized carbons (Fsp3) is 0.667. The quantitative estimate of drug-likeness (QED) is 0.836. The summed E-state index contributed by atoms with van der Waals surface area (Å²) in [5.74, 6) is 0.548. The average molecular weight is 329 g/mol. The van der Waals surface area contributed by atoms with Gasteiger partial charge in [-0.1, -0.05) is 6.92 Å². The number of carbonyl (C=O) groups excluding carboxylic acids is 1. The zero-order chi connectivity index (χ0) is 13.7. The molecule has 4 nitrogen and oxygen atoms in total. The van der Waals surface area contributed by atoms with Crippen molar-refractivity contribution in [1.29, 1.82) is 0 Å². The number of thiophene rings is 1. The van der Waals surface area contributed by atoms with Crippen molar-refractivity contribution in [1.82, 2.24) is 4.90 Å². The monoisotopic (exact) mass is 328 g/mol. The van der Waals surface area contributed by atoms with Gasteiger partial charge < -0.3 is 4.74 Å². The highest BCUT2D eigenvalue weighted by Gasteiger charge is 2.55. The van der Waals surface area contributed by atoms with Crippen LogP contribution in [0.5, 0.6) is 0 Å². The Hall–Kier alpha value is -0.780. The van der Waals surface area contributed by atoms with Crippen LogP contribution >= 0.6 is 23.7 Å². The first-order valence-electron chi connectivity index (χ1n) is 7.52. The molecule has 4 aliphatic heterocycles. The van der Waals surface area contributed by atoms with Crippen LogP contribution in [0.4, 0.5) is 9.80 Å². The second-order valence-electron chi connectivity index (χ2n) is 6.16. The Morgan fingerprint density at radius 2 is 2.10 bits per heavy atom. The maximum absolute atomic E-state index is 12.3. The van der Waals surface area contributed by atoms with Gasteiger partial charge in [0.25, 0.3) is 0 Å². The summed E-state index contributed by atoms with van der Waals surface area (Å²) in [5.41, 5.74) is -0.246. The number of hydrogen-bond donors (Lipinski definition) is 0. The minimum Gasteiger partial charge on any atom is -0.439 e. The number of rotatable bonds is 2. The van der Waals surface area contributed by atoms with Crippen LogP contribution in [0, 0.1) is 5.92 Å². The number of aryl methyl sites for hydroxylation is 1. The molecule has 0 saturated carbocycles. The molecular formula is C15H21ClN2O2S. The van der Waals surface area contributed by atoms with Crippen LogP contribution in [0.3, 0.4) is 0 Å². The van der Waals surface area contributed by atoms with E-state index in [9.17, 15) is 4.79 Å². The molecule has 5 heterocycles. The summed E-state index contributed by atoms with van der Waals surface area (Å²) in [5, 5.41) is 1.04. The van der Waals surface area contributed by atoms with E-state index in [0.29, 0.717) is 5.92 Å². The highest BCUT2D eigenvalue weighted by molar-refractivity contribution is 7.16. The van der Waals surface area contributed by atoms with E-state index in [-0.39, 0.29) is 24.1 Å². The number of nitrogens with zero attached hydrogens (tertiary/aromatic N) is 2. The van der Waals surface area contributed by atoms with Gasteiger partial charge in [0, 0.05) is 17.3 Å². The van der Waals surface area contributed by atoms with Gasteiger partial charge >= 0.3 is 6.09 Å². The van der Waals surface area contributed by atoms with Crippen molar-refractivity contribution < 1.29 is 9.53 Å². The van der Waals surface area contributed by atoms with E-state index in [1.165, 1.54) is 30.8 Å². The molecule has 1 spiro atoms. The molecule has 2 bridgehead atoms. The predicted octanol–water partition coefficient (Wildman–Crippen LogP) is 3.15. The number of amides is 1. The lowest BCUT2D eigenvalue weighted by atomic mass is 9.75. The van der Waals surface area contributed by atoms with Gasteiger partial charge in [-0.15, -0.1) is 23.7 Å². The first-order valence-corrected chi connectivity index (χ1v) is 8.33. The number of ether oxygens (including phenoxy) is 1. The summed E-state index contributed by atoms with van der Waals surface area (Å²) in [6.07, 6.45) is 3.22. The van der Waals surface area contributed by atoms with E-state index in [4.69, 9.17) is 4.74 Å². The Morgan fingerprint density at radius 1 is 1.33 bits per heavy atom. The maximum Gasteiger partial charge on any atom is 0.415 e. The summed E-state index contributed by atoms with van der Waals surface area (Å²) < 4.78 is 5.89. The Morgan fingerprint density at radius 3 is 2.67 bits per heavy atom. The van der Waals surface area contributed by atoms with Gasteiger partial charge in [0.2, 0.25) is 0 Å². The van der Waals surface area contributed by atoms with Crippen molar-refractivity contribution in [3.63, 3.8) is 0 Å². The summed E-state index contributed by atoms with van der Waals surface area (Å²) in [6.45, 7) is 6.14. The van der Waals surface area contributed by atoms with Crippen LogP contribution in [-0.2, 0) is 11.2 Å². The summed E-state index contributed by atoms with van der Waals surface area (Å²) >= 11 is 1.71. The summed E-state index contributed by atoms with van der Waals surface area (Å²) in [7, 11) is 0. The van der Waals surface area contributed by atoms with Gasteiger partial charge in [-0.25, -0.2) is 4.79 Å². The largest absolute Gasteiger partial charge is 0.439 e. The highest BCUT2D eigenvalue weighted by atomic mass is 35.5. The van der Waals surface area contributed by atoms with E-state index in [2.05, 4.69) is 24.0 Å². The molecule has 0 aromatic carbocycles. The van der Waals surface area contributed by atoms with Crippen molar-refractivity contribution in [2.24, 2.45) is 5.92 Å². The number of anilines is 1. The lowest BCUT2D eigenvalue weighted by molar-refractivity contribution is -0.0881. The van der Waals surface area contributed by atoms with Crippen molar-refractivity contribution in [3.05, 3.63) is 17.0 Å². The first kappa shape index (κ1) is 15.1. The molecule has 0 unspecified atom stereocenters. The Kier molecular flexibility index (Phi) is 3.93. The number of piperidine rings is 3. The normalized spacial score (nSPS) is 34.1. The maximum atomic E-state index is 12.3. The smallest absolute Gasteiger partial charge is 0.415 e. The molecule has 0 aliphatic carbocycles. The van der Waals surface area contributed by atoms with Gasteiger partial charge in [-0.05, 0) is 44.5 Å². The van der Waals surface area contributed by atoms with Crippen molar-refractivity contribution in [2.45, 2.75) is 31.8 Å². The number of hydrogen-bond acceptors (Lipinski definition) is 4. The van der Waals surface area contributed by atoms with Gasteiger partial charge in [0.1, 0.15) is 10.6 Å². The lowest BCUT2D eigenvalue weighted by Crippen LogP contribution is -2.61. The number of fused-ring (bicyclic) bond motifs is 2. The third-order valence-corrected chi connectivity index (χ3v) is 6.27. The topological polar surface area (TPSA) is 32.8 Å². The lowest BCUT2D eigenvalue weighted by Gasteiger charge is -2.49. The van der Waals surface area contributed by atoms with E-state index >= 15 is 0 Å². The zero-order valence-corrected chi connectivity index (χ0v) is 13.8.